The van der Waals surface area contributed by atoms with Crippen LogP contribution >= 0.6 is 0 Å². The monoisotopic (exact) mass is 190 g/mol. The van der Waals surface area contributed by atoms with Crippen LogP contribution in [-0.2, 0) is 0 Å². The molecule has 0 spiro atoms. The first-order valence-electron chi connectivity index (χ1n) is 4.82. The van der Waals surface area contributed by atoms with Gasteiger partial charge in [0.2, 0.25) is 0 Å². The number of aliphatic hydroxyl groups is 3. The van der Waals surface area contributed by atoms with Gasteiger partial charge in [0.05, 0.1) is 13.2 Å². The average Bonchev–Trinajstić information content (AvgIpc) is 2.16. The Labute approximate surface area is 80.4 Å². The topological polar surface area (TPSA) is 60.7 Å². The molecule has 0 aliphatic heterocycles. The molecule has 0 aromatic carbocycles. The quantitative estimate of drug-likeness (QED) is 0.580. The third-order valence-corrected chi connectivity index (χ3v) is 3.31. The molecule has 3 N–H and O–H groups in total. The molecule has 1 atom stereocenters. The van der Waals surface area contributed by atoms with E-state index in [9.17, 15) is 15.3 Å². The predicted octanol–water partition coefficient (Wildman–Crippen LogP) is 0.776. The third-order valence-electron chi connectivity index (χ3n) is 3.31. The lowest BCUT2D eigenvalue weighted by Crippen LogP contribution is -2.45. The van der Waals surface area contributed by atoms with Gasteiger partial charge in [-0.25, -0.2) is 0 Å². The molecule has 0 saturated carbocycles. The van der Waals surface area contributed by atoms with Gasteiger partial charge >= 0.3 is 0 Å². The lowest BCUT2D eigenvalue weighted by atomic mass is 9.64. The van der Waals surface area contributed by atoms with Gasteiger partial charge in [0.1, 0.15) is 0 Å². The summed E-state index contributed by atoms with van der Waals surface area (Å²) in [4.78, 5) is 0. The normalized spacial score (nSPS) is 17.1. The zero-order chi connectivity index (χ0) is 10.5. The molecule has 0 rings (SSSR count). The summed E-state index contributed by atoms with van der Waals surface area (Å²) in [6, 6.07) is 0. The van der Waals surface area contributed by atoms with E-state index in [2.05, 4.69) is 0 Å². The van der Waals surface area contributed by atoms with Crippen LogP contribution < -0.4 is 0 Å². The minimum atomic E-state index is -0.599. The molecule has 0 bridgehead atoms. The van der Waals surface area contributed by atoms with Crippen molar-refractivity contribution in [2.24, 2.45) is 10.8 Å². The second-order valence-electron chi connectivity index (χ2n) is 4.35. The van der Waals surface area contributed by atoms with E-state index in [1.165, 1.54) is 0 Å². The molecule has 1 unspecified atom stereocenters. The molecule has 0 aromatic heterocycles. The van der Waals surface area contributed by atoms with Crippen molar-refractivity contribution in [3.8, 4) is 0 Å². The number of aliphatic hydroxyl groups excluding tert-OH is 3. The lowest BCUT2D eigenvalue weighted by Gasteiger charge is -2.43. The van der Waals surface area contributed by atoms with Gasteiger partial charge in [-0.1, -0.05) is 27.2 Å². The van der Waals surface area contributed by atoms with Crippen LogP contribution in [0.1, 0.15) is 33.6 Å². The molecule has 0 aliphatic rings. The van der Waals surface area contributed by atoms with Crippen molar-refractivity contribution in [3.05, 3.63) is 0 Å². The fraction of sp³-hybridized carbons (Fsp3) is 1.00. The minimum absolute atomic E-state index is 0.00153. The van der Waals surface area contributed by atoms with Crippen molar-refractivity contribution >= 4 is 0 Å². The van der Waals surface area contributed by atoms with E-state index in [0.29, 0.717) is 0 Å². The second-order valence-corrected chi connectivity index (χ2v) is 4.35. The first-order chi connectivity index (χ1) is 5.99. The molecule has 80 valence electrons. The molecule has 3 heteroatoms. The van der Waals surface area contributed by atoms with E-state index >= 15 is 0 Å². The van der Waals surface area contributed by atoms with Gasteiger partial charge in [-0.05, 0) is 6.42 Å². The summed E-state index contributed by atoms with van der Waals surface area (Å²) in [6.07, 6.45) is 1.74. The maximum Gasteiger partial charge on any atom is 0.0512 e. The van der Waals surface area contributed by atoms with E-state index < -0.39 is 10.8 Å². The Morgan fingerprint density at radius 3 is 1.46 bits per heavy atom. The summed E-state index contributed by atoms with van der Waals surface area (Å²) in [5.41, 5.74) is -0.997. The van der Waals surface area contributed by atoms with Crippen molar-refractivity contribution in [2.75, 3.05) is 19.8 Å². The molecule has 0 saturated heterocycles. The first-order valence-corrected chi connectivity index (χ1v) is 4.82. The molecular weight excluding hydrogens is 168 g/mol. The van der Waals surface area contributed by atoms with Crippen molar-refractivity contribution in [1.82, 2.24) is 0 Å². The predicted molar refractivity (Wildman–Crippen MR) is 52.4 cm³/mol. The van der Waals surface area contributed by atoms with Crippen LogP contribution in [0.4, 0.5) is 0 Å². The Bertz CT molecular complexity index is 143. The summed E-state index contributed by atoms with van der Waals surface area (Å²) in [5.74, 6) is 0. The Morgan fingerprint density at radius 2 is 1.23 bits per heavy atom. The van der Waals surface area contributed by atoms with Crippen molar-refractivity contribution in [1.29, 1.82) is 0 Å². The maximum atomic E-state index is 9.29. The molecule has 13 heavy (non-hydrogen) atoms. The van der Waals surface area contributed by atoms with E-state index in [0.717, 1.165) is 12.8 Å². The number of rotatable bonds is 6. The highest BCUT2D eigenvalue weighted by atomic mass is 16.3. The van der Waals surface area contributed by atoms with Gasteiger partial charge in [-0.2, -0.15) is 0 Å². The largest absolute Gasteiger partial charge is 0.396 e. The molecule has 0 radical (unpaired) electrons. The Morgan fingerprint density at radius 1 is 0.846 bits per heavy atom. The summed E-state index contributed by atoms with van der Waals surface area (Å²) in [7, 11) is 0. The van der Waals surface area contributed by atoms with Crippen LogP contribution in [0, 0.1) is 10.8 Å². The third kappa shape index (κ3) is 2.42. The molecule has 0 heterocycles. The van der Waals surface area contributed by atoms with Gasteiger partial charge in [-0.3, -0.25) is 0 Å². The Balaban J connectivity index is 4.68. The highest BCUT2D eigenvalue weighted by Crippen LogP contribution is 2.41. The summed E-state index contributed by atoms with van der Waals surface area (Å²) in [6.45, 7) is 5.55. The fourth-order valence-electron chi connectivity index (χ4n) is 1.56. The maximum absolute atomic E-state index is 9.29. The SMILES string of the molecule is CCCC(C)(CO)C(C)(CO)CO. The van der Waals surface area contributed by atoms with Gasteiger partial charge in [-0.15, -0.1) is 0 Å². The summed E-state index contributed by atoms with van der Waals surface area (Å²) >= 11 is 0. The molecule has 0 aliphatic carbocycles. The highest BCUT2D eigenvalue weighted by molar-refractivity contribution is 4.91. The van der Waals surface area contributed by atoms with E-state index in [1.807, 2.05) is 13.8 Å². The van der Waals surface area contributed by atoms with Crippen molar-refractivity contribution < 1.29 is 15.3 Å². The molecular formula is C10H22O3. The smallest absolute Gasteiger partial charge is 0.0512 e. The van der Waals surface area contributed by atoms with Crippen LogP contribution in [0.3, 0.4) is 0 Å². The van der Waals surface area contributed by atoms with Gasteiger partial charge in [0.25, 0.3) is 0 Å². The van der Waals surface area contributed by atoms with Crippen LogP contribution in [0.25, 0.3) is 0 Å². The van der Waals surface area contributed by atoms with Gasteiger partial charge < -0.3 is 15.3 Å². The Kier molecular flexibility index (Phi) is 4.89. The lowest BCUT2D eigenvalue weighted by molar-refractivity contribution is -0.0704. The zero-order valence-electron chi connectivity index (χ0n) is 8.88. The summed E-state index contributed by atoms with van der Waals surface area (Å²) in [5, 5.41) is 27.7. The molecule has 0 fully saturated rings. The minimum Gasteiger partial charge on any atom is -0.396 e. The molecule has 3 nitrogen and oxygen atoms in total. The number of hydrogen-bond donors (Lipinski definition) is 3. The second kappa shape index (κ2) is 4.94. The van der Waals surface area contributed by atoms with Crippen LogP contribution in [0.15, 0.2) is 0 Å². The van der Waals surface area contributed by atoms with E-state index in [1.54, 1.807) is 6.92 Å². The van der Waals surface area contributed by atoms with Crippen LogP contribution in [0.2, 0.25) is 0 Å². The van der Waals surface area contributed by atoms with Crippen LogP contribution in [0.5, 0.6) is 0 Å². The Hall–Kier alpha value is -0.120. The molecule has 0 aromatic rings. The molecule has 0 amide bonds. The average molecular weight is 190 g/mol. The van der Waals surface area contributed by atoms with Gasteiger partial charge in [0.15, 0.2) is 0 Å². The van der Waals surface area contributed by atoms with Crippen LogP contribution in [-0.4, -0.2) is 35.1 Å². The van der Waals surface area contributed by atoms with E-state index in [-0.39, 0.29) is 19.8 Å². The number of hydrogen-bond acceptors (Lipinski definition) is 3. The van der Waals surface area contributed by atoms with Crippen molar-refractivity contribution in [2.45, 2.75) is 33.6 Å². The summed E-state index contributed by atoms with van der Waals surface area (Å²) < 4.78 is 0. The zero-order valence-corrected chi connectivity index (χ0v) is 8.88. The first kappa shape index (κ1) is 12.9. The van der Waals surface area contributed by atoms with Gasteiger partial charge in [0, 0.05) is 17.4 Å². The highest BCUT2D eigenvalue weighted by Gasteiger charge is 2.42. The van der Waals surface area contributed by atoms with E-state index in [4.69, 9.17) is 0 Å². The standard InChI is InChI=1S/C10H22O3/c1-4-5-9(2,6-11)10(3,7-12)8-13/h11-13H,4-8H2,1-3H3. The van der Waals surface area contributed by atoms with Crippen molar-refractivity contribution in [3.63, 3.8) is 0 Å². The fourth-order valence-corrected chi connectivity index (χ4v) is 1.56.